The number of aryl methyl sites for hydroxylation is 1. The van der Waals surface area contributed by atoms with Crippen LogP contribution in [-0.4, -0.2) is 11.1 Å². The minimum Gasteiger partial charge on any atom is -0.478 e. The smallest absolute Gasteiger partial charge is 0.335 e. The van der Waals surface area contributed by atoms with Crippen LogP contribution in [0.25, 0.3) is 33.4 Å². The van der Waals surface area contributed by atoms with Crippen LogP contribution in [0.4, 0.5) is 0 Å². The van der Waals surface area contributed by atoms with Crippen molar-refractivity contribution in [2.45, 2.75) is 58.3 Å². The van der Waals surface area contributed by atoms with Gasteiger partial charge in [0.25, 0.3) is 0 Å². The van der Waals surface area contributed by atoms with Crippen molar-refractivity contribution in [1.82, 2.24) is 0 Å². The van der Waals surface area contributed by atoms with Crippen LogP contribution in [0.1, 0.15) is 67.6 Å². The molecular formula is C34H34O2. The van der Waals surface area contributed by atoms with E-state index >= 15 is 0 Å². The average molecular weight is 475 g/mol. The molecule has 1 N–H and O–H groups in total. The minimum absolute atomic E-state index is 0.134. The second-order valence-electron chi connectivity index (χ2n) is 11.5. The van der Waals surface area contributed by atoms with Crippen LogP contribution in [0.2, 0.25) is 0 Å². The molecule has 0 aromatic heterocycles. The highest BCUT2D eigenvalue weighted by atomic mass is 16.4. The van der Waals surface area contributed by atoms with Crippen molar-refractivity contribution in [3.63, 3.8) is 0 Å². The number of benzene rings is 4. The third kappa shape index (κ3) is 4.26. The SMILES string of the molecule is Cc1cc(-c2ccc(-c3ccccc3)c(-c3ccc4c(c3)C(C)(C)CCC4(C)C)c2)ccc1C(=O)O. The molecule has 0 fully saturated rings. The van der Waals surface area contributed by atoms with Gasteiger partial charge in [-0.2, -0.15) is 0 Å². The lowest BCUT2D eigenvalue weighted by Crippen LogP contribution is -2.33. The second-order valence-corrected chi connectivity index (χ2v) is 11.5. The highest BCUT2D eigenvalue weighted by molar-refractivity contribution is 5.91. The summed E-state index contributed by atoms with van der Waals surface area (Å²) in [6.45, 7) is 11.3. The Morgan fingerprint density at radius 1 is 0.639 bits per heavy atom. The van der Waals surface area contributed by atoms with Crippen LogP contribution in [0.3, 0.4) is 0 Å². The van der Waals surface area contributed by atoms with E-state index in [2.05, 4.69) is 88.4 Å². The third-order valence-corrected chi connectivity index (χ3v) is 8.06. The molecule has 0 bridgehead atoms. The van der Waals surface area contributed by atoms with Crippen LogP contribution < -0.4 is 0 Å². The van der Waals surface area contributed by atoms with Gasteiger partial charge in [0.05, 0.1) is 5.56 Å². The molecule has 0 aliphatic heterocycles. The van der Waals surface area contributed by atoms with E-state index in [-0.39, 0.29) is 10.8 Å². The zero-order chi connectivity index (χ0) is 25.7. The fourth-order valence-electron chi connectivity index (χ4n) is 5.67. The number of carbonyl (C=O) groups is 1. The molecule has 182 valence electrons. The van der Waals surface area contributed by atoms with E-state index in [1.165, 1.54) is 46.2 Å². The standard InChI is InChI=1S/C34H34O2/c1-22-19-24(11-14-27(22)32(35)36)25-12-15-28(23-9-7-6-8-10-23)29(20-25)26-13-16-30-31(21-26)34(4,5)18-17-33(30,2)3/h6-16,19-21H,17-18H2,1-5H3,(H,35,36). The number of rotatable bonds is 4. The molecule has 36 heavy (non-hydrogen) atoms. The summed E-state index contributed by atoms with van der Waals surface area (Å²) in [5.74, 6) is -0.890. The molecular weight excluding hydrogens is 440 g/mol. The lowest BCUT2D eigenvalue weighted by molar-refractivity contribution is 0.0696. The number of hydrogen-bond acceptors (Lipinski definition) is 1. The lowest BCUT2D eigenvalue weighted by Gasteiger charge is -2.42. The van der Waals surface area contributed by atoms with Crippen molar-refractivity contribution in [2.75, 3.05) is 0 Å². The Labute approximate surface area is 214 Å². The Hall–Kier alpha value is -3.65. The molecule has 0 heterocycles. The number of hydrogen-bond donors (Lipinski definition) is 1. The van der Waals surface area contributed by atoms with E-state index < -0.39 is 5.97 Å². The lowest BCUT2D eigenvalue weighted by atomic mass is 9.63. The first kappa shape index (κ1) is 24.1. The molecule has 1 aliphatic carbocycles. The van der Waals surface area contributed by atoms with Gasteiger partial charge in [0.2, 0.25) is 0 Å². The molecule has 0 unspecified atom stereocenters. The van der Waals surface area contributed by atoms with Crippen molar-refractivity contribution in [3.05, 3.63) is 107 Å². The number of aromatic carboxylic acids is 1. The highest BCUT2D eigenvalue weighted by Gasteiger charge is 2.37. The average Bonchev–Trinajstić information content (AvgIpc) is 2.86. The molecule has 1 aliphatic rings. The summed E-state index contributed by atoms with van der Waals surface area (Å²) in [6.07, 6.45) is 2.38. The Bertz CT molecular complexity index is 1460. The van der Waals surface area contributed by atoms with Gasteiger partial charge >= 0.3 is 5.97 Å². The van der Waals surface area contributed by atoms with Crippen LogP contribution in [0, 0.1) is 6.92 Å². The molecule has 0 atom stereocenters. The maximum atomic E-state index is 11.5. The van der Waals surface area contributed by atoms with Gasteiger partial charge in [-0.3, -0.25) is 0 Å². The summed E-state index contributed by atoms with van der Waals surface area (Å²) in [4.78, 5) is 11.5. The van der Waals surface area contributed by atoms with Crippen molar-refractivity contribution < 1.29 is 9.90 Å². The van der Waals surface area contributed by atoms with E-state index in [0.717, 1.165) is 16.7 Å². The van der Waals surface area contributed by atoms with E-state index in [9.17, 15) is 9.90 Å². The van der Waals surface area contributed by atoms with Gasteiger partial charge in [-0.25, -0.2) is 4.79 Å². The molecule has 0 radical (unpaired) electrons. The largest absolute Gasteiger partial charge is 0.478 e. The Kier molecular flexibility index (Phi) is 5.87. The van der Waals surface area contributed by atoms with Gasteiger partial charge in [0.1, 0.15) is 0 Å². The normalized spacial score (nSPS) is 15.8. The molecule has 5 rings (SSSR count). The van der Waals surface area contributed by atoms with E-state index in [0.29, 0.717) is 5.56 Å². The molecule has 0 saturated carbocycles. The minimum atomic E-state index is -0.890. The number of carboxylic acids is 1. The maximum Gasteiger partial charge on any atom is 0.335 e. The Morgan fingerprint density at radius 2 is 1.25 bits per heavy atom. The summed E-state index contributed by atoms with van der Waals surface area (Å²) < 4.78 is 0. The number of carboxylic acid groups (broad SMARTS) is 1. The van der Waals surface area contributed by atoms with Gasteiger partial charge < -0.3 is 5.11 Å². The molecule has 4 aromatic rings. The summed E-state index contributed by atoms with van der Waals surface area (Å²) in [5, 5.41) is 9.46. The molecule has 2 nitrogen and oxygen atoms in total. The van der Waals surface area contributed by atoms with Gasteiger partial charge in [0, 0.05) is 0 Å². The fraction of sp³-hybridized carbons (Fsp3) is 0.265. The summed E-state index contributed by atoms with van der Waals surface area (Å²) in [5.41, 5.74) is 11.2. The van der Waals surface area contributed by atoms with Crippen molar-refractivity contribution in [2.24, 2.45) is 0 Å². The summed E-state index contributed by atoms with van der Waals surface area (Å²) >= 11 is 0. The van der Waals surface area contributed by atoms with Crippen molar-refractivity contribution in [1.29, 1.82) is 0 Å². The van der Waals surface area contributed by atoms with Crippen LogP contribution >= 0.6 is 0 Å². The highest BCUT2D eigenvalue weighted by Crippen LogP contribution is 2.47. The molecule has 0 saturated heterocycles. The van der Waals surface area contributed by atoms with E-state index in [1.807, 2.05) is 25.1 Å². The van der Waals surface area contributed by atoms with Gasteiger partial charge in [-0.15, -0.1) is 0 Å². The van der Waals surface area contributed by atoms with Gasteiger partial charge in [0.15, 0.2) is 0 Å². The first-order chi connectivity index (χ1) is 17.1. The van der Waals surface area contributed by atoms with Gasteiger partial charge in [-0.1, -0.05) is 100 Å². The monoisotopic (exact) mass is 474 g/mol. The fourth-order valence-corrected chi connectivity index (χ4v) is 5.67. The first-order valence-corrected chi connectivity index (χ1v) is 12.8. The predicted molar refractivity (Wildman–Crippen MR) is 150 cm³/mol. The van der Waals surface area contributed by atoms with E-state index in [4.69, 9.17) is 0 Å². The Balaban J connectivity index is 1.71. The Morgan fingerprint density at radius 3 is 1.92 bits per heavy atom. The molecule has 0 spiro atoms. The van der Waals surface area contributed by atoms with Gasteiger partial charge in [-0.05, 0) is 92.8 Å². The van der Waals surface area contributed by atoms with Crippen molar-refractivity contribution in [3.8, 4) is 33.4 Å². The zero-order valence-electron chi connectivity index (χ0n) is 21.9. The maximum absolute atomic E-state index is 11.5. The van der Waals surface area contributed by atoms with E-state index in [1.54, 1.807) is 6.07 Å². The third-order valence-electron chi connectivity index (χ3n) is 8.06. The second kappa shape index (κ2) is 8.78. The molecule has 2 heteroatoms. The van der Waals surface area contributed by atoms with Crippen molar-refractivity contribution >= 4 is 5.97 Å². The quantitative estimate of drug-likeness (QED) is 0.320. The molecule has 0 amide bonds. The van der Waals surface area contributed by atoms with Crippen LogP contribution in [0.15, 0.2) is 84.9 Å². The predicted octanol–water partition coefficient (Wildman–Crippen LogP) is 9.04. The van der Waals surface area contributed by atoms with Crippen LogP contribution in [0.5, 0.6) is 0 Å². The summed E-state index contributed by atoms with van der Waals surface area (Å²) in [7, 11) is 0. The first-order valence-electron chi connectivity index (χ1n) is 12.8. The zero-order valence-corrected chi connectivity index (χ0v) is 21.9. The summed E-state index contributed by atoms with van der Waals surface area (Å²) in [6, 6.07) is 29.8. The van der Waals surface area contributed by atoms with Crippen LogP contribution in [-0.2, 0) is 10.8 Å². The number of fused-ring (bicyclic) bond motifs is 1. The molecule has 4 aromatic carbocycles. The topological polar surface area (TPSA) is 37.3 Å².